The summed E-state index contributed by atoms with van der Waals surface area (Å²) in [4.78, 5) is 16.9. The van der Waals surface area contributed by atoms with Gasteiger partial charge in [-0.05, 0) is 23.6 Å². The van der Waals surface area contributed by atoms with Crippen molar-refractivity contribution in [3.05, 3.63) is 64.3 Å². The third-order valence-corrected chi connectivity index (χ3v) is 4.23. The Morgan fingerprint density at radius 3 is 2.92 bits per heavy atom. The van der Waals surface area contributed by atoms with E-state index in [9.17, 15) is 13.6 Å². The molecule has 0 atom stereocenters. The van der Waals surface area contributed by atoms with Crippen LogP contribution in [0.5, 0.6) is 0 Å². The Bertz CT molecular complexity index is 831. The highest BCUT2D eigenvalue weighted by Crippen LogP contribution is 2.24. The molecule has 1 N–H and O–H groups in total. The summed E-state index contributed by atoms with van der Waals surface area (Å²) in [5, 5.41) is 4.76. The monoisotopic (exact) mass is 348 g/mol. The minimum Gasteiger partial charge on any atom is -0.441 e. The zero-order chi connectivity index (χ0) is 16.9. The van der Waals surface area contributed by atoms with Crippen molar-refractivity contribution in [2.24, 2.45) is 0 Å². The van der Waals surface area contributed by atoms with Crippen LogP contribution in [-0.4, -0.2) is 10.9 Å². The molecule has 7 heteroatoms. The fourth-order valence-electron chi connectivity index (χ4n) is 2.15. The van der Waals surface area contributed by atoms with Gasteiger partial charge >= 0.3 is 0 Å². The van der Waals surface area contributed by atoms with E-state index in [1.54, 1.807) is 11.3 Å². The summed E-state index contributed by atoms with van der Waals surface area (Å²) >= 11 is 1.57. The van der Waals surface area contributed by atoms with Crippen molar-refractivity contribution in [2.75, 3.05) is 0 Å². The lowest BCUT2D eigenvalue weighted by Gasteiger charge is -2.02. The van der Waals surface area contributed by atoms with E-state index < -0.39 is 11.6 Å². The number of amides is 1. The number of benzene rings is 1. The number of hydrogen-bond acceptors (Lipinski definition) is 4. The number of rotatable bonds is 6. The first-order valence-corrected chi connectivity index (χ1v) is 8.19. The largest absolute Gasteiger partial charge is 0.441 e. The fraction of sp³-hybridized carbons (Fsp3) is 0.176. The van der Waals surface area contributed by atoms with Gasteiger partial charge in [0.05, 0.1) is 18.3 Å². The van der Waals surface area contributed by atoms with Gasteiger partial charge in [0.2, 0.25) is 5.91 Å². The molecule has 3 aromatic rings. The average Bonchev–Trinajstić information content (AvgIpc) is 3.22. The Hall–Kier alpha value is -2.54. The maximum Gasteiger partial charge on any atom is 0.220 e. The number of carbonyl (C=O) groups is 1. The van der Waals surface area contributed by atoms with Crippen molar-refractivity contribution < 1.29 is 18.0 Å². The molecular weight excluding hydrogens is 334 g/mol. The first-order chi connectivity index (χ1) is 11.6. The highest BCUT2D eigenvalue weighted by atomic mass is 32.1. The van der Waals surface area contributed by atoms with Gasteiger partial charge in [0.1, 0.15) is 11.6 Å². The molecule has 0 aliphatic rings. The van der Waals surface area contributed by atoms with Crippen molar-refractivity contribution in [3.63, 3.8) is 0 Å². The van der Waals surface area contributed by atoms with Gasteiger partial charge in [0, 0.05) is 23.8 Å². The Balaban J connectivity index is 1.55. The molecule has 2 aromatic heterocycles. The normalized spacial score (nSPS) is 10.8. The molecule has 4 nitrogen and oxygen atoms in total. The number of aromatic nitrogens is 1. The molecule has 3 rings (SSSR count). The van der Waals surface area contributed by atoms with Crippen LogP contribution in [0.3, 0.4) is 0 Å². The second-order valence-corrected chi connectivity index (χ2v) is 6.13. The van der Waals surface area contributed by atoms with Crippen molar-refractivity contribution in [2.45, 2.75) is 19.4 Å². The quantitative estimate of drug-likeness (QED) is 0.734. The minimum atomic E-state index is -0.716. The molecular formula is C17H14F2N2O2S. The van der Waals surface area contributed by atoms with E-state index >= 15 is 0 Å². The average molecular weight is 348 g/mol. The zero-order valence-corrected chi connectivity index (χ0v) is 13.4. The van der Waals surface area contributed by atoms with Gasteiger partial charge in [-0.25, -0.2) is 13.8 Å². The second kappa shape index (κ2) is 7.35. The van der Waals surface area contributed by atoms with E-state index in [0.717, 1.165) is 17.0 Å². The Morgan fingerprint density at radius 2 is 2.17 bits per heavy atom. The zero-order valence-electron chi connectivity index (χ0n) is 12.6. The van der Waals surface area contributed by atoms with Crippen LogP contribution >= 0.6 is 11.3 Å². The molecule has 0 saturated carbocycles. The Labute approximate surface area is 141 Å². The number of nitrogens with zero attached hydrogens (tertiary/aromatic N) is 1. The second-order valence-electron chi connectivity index (χ2n) is 5.10. The number of carbonyl (C=O) groups excluding carboxylic acids is 1. The topological polar surface area (TPSA) is 55.1 Å². The molecule has 0 unspecified atom stereocenters. The Kier molecular flexibility index (Phi) is 5.00. The number of oxazole rings is 1. The number of hydrogen-bond donors (Lipinski definition) is 1. The summed E-state index contributed by atoms with van der Waals surface area (Å²) in [7, 11) is 0. The number of nitrogens with one attached hydrogen (secondary N) is 1. The highest BCUT2D eigenvalue weighted by Gasteiger charge is 2.13. The molecule has 0 aliphatic carbocycles. The standard InChI is InChI=1S/C17H14F2N2O2S/c18-11-3-4-13(14(19)8-11)15-10-21-17(23-15)6-5-16(22)20-9-12-2-1-7-24-12/h1-4,7-8,10H,5-6,9H2,(H,20,22). The number of halogens is 2. The van der Waals surface area contributed by atoms with Crippen LogP contribution < -0.4 is 5.32 Å². The van der Waals surface area contributed by atoms with Crippen LogP contribution in [0.25, 0.3) is 11.3 Å². The molecule has 0 saturated heterocycles. The third kappa shape index (κ3) is 4.05. The van der Waals surface area contributed by atoms with E-state index in [4.69, 9.17) is 4.42 Å². The third-order valence-electron chi connectivity index (χ3n) is 3.36. The predicted molar refractivity (Wildman–Crippen MR) is 86.3 cm³/mol. The number of thiophene rings is 1. The van der Waals surface area contributed by atoms with Crippen molar-refractivity contribution in [3.8, 4) is 11.3 Å². The van der Waals surface area contributed by atoms with Gasteiger partial charge in [-0.3, -0.25) is 4.79 Å². The summed E-state index contributed by atoms with van der Waals surface area (Å²) in [6, 6.07) is 7.11. The van der Waals surface area contributed by atoms with E-state index in [-0.39, 0.29) is 23.7 Å². The summed E-state index contributed by atoms with van der Waals surface area (Å²) in [6.45, 7) is 0.494. The SMILES string of the molecule is O=C(CCc1ncc(-c2ccc(F)cc2F)o1)NCc1cccs1. The van der Waals surface area contributed by atoms with Gasteiger partial charge in [0.15, 0.2) is 11.7 Å². The molecule has 24 heavy (non-hydrogen) atoms. The Morgan fingerprint density at radius 1 is 1.29 bits per heavy atom. The maximum atomic E-state index is 13.7. The summed E-state index contributed by atoms with van der Waals surface area (Å²) in [5.41, 5.74) is 0.136. The van der Waals surface area contributed by atoms with E-state index in [0.29, 0.717) is 18.9 Å². The van der Waals surface area contributed by atoms with Crippen LogP contribution in [0.4, 0.5) is 8.78 Å². The fourth-order valence-corrected chi connectivity index (χ4v) is 2.79. The highest BCUT2D eigenvalue weighted by molar-refractivity contribution is 7.09. The number of aryl methyl sites for hydroxylation is 1. The molecule has 1 aromatic carbocycles. The first kappa shape index (κ1) is 16.3. The van der Waals surface area contributed by atoms with Crippen molar-refractivity contribution in [1.29, 1.82) is 0 Å². The van der Waals surface area contributed by atoms with Crippen LogP contribution in [0, 0.1) is 11.6 Å². The summed E-state index contributed by atoms with van der Waals surface area (Å²) in [5.74, 6) is -0.942. The van der Waals surface area contributed by atoms with Crippen molar-refractivity contribution in [1.82, 2.24) is 10.3 Å². The predicted octanol–water partition coefficient (Wildman–Crippen LogP) is 3.93. The molecule has 0 bridgehead atoms. The van der Waals surface area contributed by atoms with Crippen LogP contribution in [-0.2, 0) is 17.8 Å². The van der Waals surface area contributed by atoms with Gasteiger partial charge < -0.3 is 9.73 Å². The van der Waals surface area contributed by atoms with Gasteiger partial charge in [-0.1, -0.05) is 6.07 Å². The molecule has 0 spiro atoms. The van der Waals surface area contributed by atoms with Crippen molar-refractivity contribution >= 4 is 17.2 Å². The molecule has 0 radical (unpaired) electrons. The van der Waals surface area contributed by atoms with E-state index in [2.05, 4.69) is 10.3 Å². The van der Waals surface area contributed by atoms with Gasteiger partial charge in [0.25, 0.3) is 0 Å². The molecule has 124 valence electrons. The first-order valence-electron chi connectivity index (χ1n) is 7.31. The minimum absolute atomic E-state index is 0.115. The lowest BCUT2D eigenvalue weighted by atomic mass is 10.2. The molecule has 2 heterocycles. The van der Waals surface area contributed by atoms with Gasteiger partial charge in [-0.2, -0.15) is 0 Å². The molecule has 0 fully saturated rings. The maximum absolute atomic E-state index is 13.7. The summed E-state index contributed by atoms with van der Waals surface area (Å²) in [6.07, 6.45) is 1.89. The van der Waals surface area contributed by atoms with Crippen LogP contribution in [0.2, 0.25) is 0 Å². The van der Waals surface area contributed by atoms with E-state index in [1.807, 2.05) is 17.5 Å². The molecule has 0 aliphatic heterocycles. The van der Waals surface area contributed by atoms with Crippen LogP contribution in [0.1, 0.15) is 17.2 Å². The smallest absolute Gasteiger partial charge is 0.220 e. The van der Waals surface area contributed by atoms with Crippen LogP contribution in [0.15, 0.2) is 46.3 Å². The lowest BCUT2D eigenvalue weighted by Crippen LogP contribution is -2.22. The lowest BCUT2D eigenvalue weighted by molar-refractivity contribution is -0.121. The molecule has 1 amide bonds. The van der Waals surface area contributed by atoms with Gasteiger partial charge in [-0.15, -0.1) is 11.3 Å². The van der Waals surface area contributed by atoms with E-state index in [1.165, 1.54) is 12.3 Å². The summed E-state index contributed by atoms with van der Waals surface area (Å²) < 4.78 is 32.1.